The molecule has 0 aliphatic carbocycles. The van der Waals surface area contributed by atoms with Crippen molar-refractivity contribution in [3.8, 4) is 11.8 Å². The van der Waals surface area contributed by atoms with Gasteiger partial charge in [-0.3, -0.25) is 0 Å². The molecule has 0 radical (unpaired) electrons. The third kappa shape index (κ3) is 2.05. The third-order valence-corrected chi connectivity index (χ3v) is 1.90. The molecule has 0 bridgehead atoms. The Balaban J connectivity index is 2.22. The maximum Gasteiger partial charge on any atom is 0.176 e. The zero-order valence-corrected chi connectivity index (χ0v) is 7.95. The predicted molar refractivity (Wildman–Crippen MR) is 55.9 cm³/mol. The van der Waals surface area contributed by atoms with E-state index >= 15 is 0 Å². The van der Waals surface area contributed by atoms with Crippen LogP contribution in [0.5, 0.6) is 0 Å². The van der Waals surface area contributed by atoms with Gasteiger partial charge in [-0.1, -0.05) is 23.6 Å². The molecule has 14 heavy (non-hydrogen) atoms. The van der Waals surface area contributed by atoms with Crippen LogP contribution < -0.4 is 0 Å². The van der Waals surface area contributed by atoms with Gasteiger partial charge in [-0.25, -0.2) is 0 Å². The van der Waals surface area contributed by atoms with Crippen molar-refractivity contribution < 1.29 is 4.42 Å². The topological polar surface area (TPSA) is 13.1 Å². The van der Waals surface area contributed by atoms with Crippen LogP contribution >= 0.6 is 0 Å². The highest BCUT2D eigenvalue weighted by Crippen LogP contribution is 2.02. The van der Waals surface area contributed by atoms with E-state index in [4.69, 9.17) is 4.42 Å². The number of hydrogen-bond donors (Lipinski definition) is 0. The van der Waals surface area contributed by atoms with Gasteiger partial charge in [0.1, 0.15) is 0 Å². The highest BCUT2D eigenvalue weighted by molar-refractivity contribution is 5.39. The van der Waals surface area contributed by atoms with E-state index in [2.05, 4.69) is 18.8 Å². The molecule has 0 unspecified atom stereocenters. The SMILES string of the molecule is Cc1ccc(C#Cc2ccco2)cc1. The quantitative estimate of drug-likeness (QED) is 0.571. The Morgan fingerprint density at radius 1 is 1.00 bits per heavy atom. The van der Waals surface area contributed by atoms with Crippen molar-refractivity contribution in [1.82, 2.24) is 0 Å². The molecule has 0 saturated carbocycles. The van der Waals surface area contributed by atoms with Crippen LogP contribution in [0.25, 0.3) is 0 Å². The second-order valence-electron chi connectivity index (χ2n) is 3.09. The van der Waals surface area contributed by atoms with Crippen LogP contribution in [0.15, 0.2) is 47.1 Å². The first-order chi connectivity index (χ1) is 6.84. The molecule has 68 valence electrons. The number of rotatable bonds is 0. The van der Waals surface area contributed by atoms with Crippen molar-refractivity contribution in [1.29, 1.82) is 0 Å². The zero-order valence-electron chi connectivity index (χ0n) is 7.95. The van der Waals surface area contributed by atoms with Crippen LogP contribution in [-0.4, -0.2) is 0 Å². The molecule has 0 aliphatic rings. The van der Waals surface area contributed by atoms with Crippen LogP contribution in [0.4, 0.5) is 0 Å². The molecule has 1 aromatic heterocycles. The summed E-state index contributed by atoms with van der Waals surface area (Å²) >= 11 is 0. The van der Waals surface area contributed by atoms with E-state index in [9.17, 15) is 0 Å². The van der Waals surface area contributed by atoms with Crippen LogP contribution in [0, 0.1) is 18.8 Å². The summed E-state index contributed by atoms with van der Waals surface area (Å²) in [6, 6.07) is 11.8. The lowest BCUT2D eigenvalue weighted by molar-refractivity contribution is 0.554. The first-order valence-electron chi connectivity index (χ1n) is 4.47. The highest BCUT2D eigenvalue weighted by atomic mass is 16.3. The molecule has 0 aliphatic heterocycles. The average Bonchev–Trinajstić information content (AvgIpc) is 2.70. The summed E-state index contributed by atoms with van der Waals surface area (Å²) in [7, 11) is 0. The van der Waals surface area contributed by atoms with Gasteiger partial charge in [0.05, 0.1) is 6.26 Å². The lowest BCUT2D eigenvalue weighted by atomic mass is 10.1. The minimum absolute atomic E-state index is 0.700. The molecule has 1 aromatic carbocycles. The fourth-order valence-corrected chi connectivity index (χ4v) is 1.12. The molecule has 0 fully saturated rings. The van der Waals surface area contributed by atoms with Gasteiger partial charge < -0.3 is 4.42 Å². The average molecular weight is 182 g/mol. The summed E-state index contributed by atoms with van der Waals surface area (Å²) in [5.74, 6) is 6.67. The molecule has 0 amide bonds. The summed E-state index contributed by atoms with van der Waals surface area (Å²) in [5, 5.41) is 0. The van der Waals surface area contributed by atoms with Crippen LogP contribution in [0.3, 0.4) is 0 Å². The maximum absolute atomic E-state index is 5.11. The maximum atomic E-state index is 5.11. The molecule has 0 atom stereocenters. The molecule has 1 nitrogen and oxygen atoms in total. The molecule has 1 heterocycles. The lowest BCUT2D eigenvalue weighted by Crippen LogP contribution is -1.75. The fraction of sp³-hybridized carbons (Fsp3) is 0.0769. The molecule has 2 aromatic rings. The summed E-state index contributed by atoms with van der Waals surface area (Å²) < 4.78 is 5.11. The lowest BCUT2D eigenvalue weighted by Gasteiger charge is -1.90. The molecular weight excluding hydrogens is 172 g/mol. The van der Waals surface area contributed by atoms with Crippen molar-refractivity contribution in [2.45, 2.75) is 6.92 Å². The van der Waals surface area contributed by atoms with E-state index < -0.39 is 0 Å². The number of furan rings is 1. The van der Waals surface area contributed by atoms with E-state index in [0.29, 0.717) is 5.76 Å². The van der Waals surface area contributed by atoms with E-state index in [0.717, 1.165) is 5.56 Å². The Labute approximate surface area is 83.4 Å². The highest BCUT2D eigenvalue weighted by Gasteiger charge is 1.88. The largest absolute Gasteiger partial charge is 0.456 e. The minimum atomic E-state index is 0.700. The fourth-order valence-electron chi connectivity index (χ4n) is 1.12. The Bertz CT molecular complexity index is 452. The molecule has 0 spiro atoms. The van der Waals surface area contributed by atoms with Crippen molar-refractivity contribution >= 4 is 0 Å². The first kappa shape index (κ1) is 8.65. The van der Waals surface area contributed by atoms with Crippen molar-refractivity contribution in [3.05, 3.63) is 59.5 Å². The summed E-state index contributed by atoms with van der Waals surface area (Å²) in [6.07, 6.45) is 1.62. The van der Waals surface area contributed by atoms with Crippen LogP contribution in [-0.2, 0) is 0 Å². The van der Waals surface area contributed by atoms with Gasteiger partial charge in [-0.05, 0) is 37.1 Å². The van der Waals surface area contributed by atoms with Gasteiger partial charge in [0.15, 0.2) is 5.76 Å². The number of benzene rings is 1. The molecule has 0 N–H and O–H groups in total. The minimum Gasteiger partial charge on any atom is -0.456 e. The van der Waals surface area contributed by atoms with E-state index in [1.54, 1.807) is 6.26 Å². The Morgan fingerprint density at radius 3 is 2.43 bits per heavy atom. The normalized spacial score (nSPS) is 9.21. The smallest absolute Gasteiger partial charge is 0.176 e. The van der Waals surface area contributed by atoms with Gasteiger partial charge in [0.2, 0.25) is 0 Å². The summed E-state index contributed by atoms with van der Waals surface area (Å²) in [5.41, 5.74) is 2.25. The van der Waals surface area contributed by atoms with Crippen molar-refractivity contribution in [2.24, 2.45) is 0 Å². The molecular formula is C13H10O. The molecule has 0 saturated heterocycles. The van der Waals surface area contributed by atoms with Gasteiger partial charge in [0, 0.05) is 5.56 Å². The third-order valence-electron chi connectivity index (χ3n) is 1.90. The van der Waals surface area contributed by atoms with Gasteiger partial charge >= 0.3 is 0 Å². The van der Waals surface area contributed by atoms with Crippen LogP contribution in [0.2, 0.25) is 0 Å². The number of aryl methyl sites for hydroxylation is 1. The molecule has 2 rings (SSSR count). The zero-order chi connectivity index (χ0) is 9.80. The Hall–Kier alpha value is -1.94. The first-order valence-corrected chi connectivity index (χ1v) is 4.47. The number of hydrogen-bond acceptors (Lipinski definition) is 1. The van der Waals surface area contributed by atoms with Crippen LogP contribution in [0.1, 0.15) is 16.9 Å². The Morgan fingerprint density at radius 2 is 1.79 bits per heavy atom. The second kappa shape index (κ2) is 3.85. The van der Waals surface area contributed by atoms with Gasteiger partial charge in [-0.15, -0.1) is 0 Å². The monoisotopic (exact) mass is 182 g/mol. The second-order valence-corrected chi connectivity index (χ2v) is 3.09. The van der Waals surface area contributed by atoms with E-state index in [1.165, 1.54) is 5.56 Å². The summed E-state index contributed by atoms with van der Waals surface area (Å²) in [4.78, 5) is 0. The summed E-state index contributed by atoms with van der Waals surface area (Å²) in [6.45, 7) is 2.06. The Kier molecular flexibility index (Phi) is 2.38. The predicted octanol–water partition coefficient (Wildman–Crippen LogP) is 2.99. The van der Waals surface area contributed by atoms with Gasteiger partial charge in [-0.2, -0.15) is 0 Å². The van der Waals surface area contributed by atoms with Gasteiger partial charge in [0.25, 0.3) is 0 Å². The van der Waals surface area contributed by atoms with Crippen molar-refractivity contribution in [3.63, 3.8) is 0 Å². The molecule has 1 heteroatoms. The standard InChI is InChI=1S/C13H10O/c1-11-4-6-12(7-5-11)8-9-13-3-2-10-14-13/h2-7,10H,1H3. The van der Waals surface area contributed by atoms with Crippen molar-refractivity contribution in [2.75, 3.05) is 0 Å². The van der Waals surface area contributed by atoms with E-state index in [-0.39, 0.29) is 0 Å². The van der Waals surface area contributed by atoms with E-state index in [1.807, 2.05) is 36.4 Å².